The van der Waals surface area contributed by atoms with E-state index in [-0.39, 0.29) is 18.3 Å². The fraction of sp³-hybridized carbons (Fsp3) is 0.682. The second kappa shape index (κ2) is 11.5. The first-order valence-corrected chi connectivity index (χ1v) is 10.6. The minimum absolute atomic E-state index is 0. The zero-order valence-corrected chi connectivity index (χ0v) is 18.1. The standard InChI is InChI=1S/C22H34N2O3.ClH/c1-3-5-14-27-20-9-8-18(15-21(20)26-4-2)22(25)24-12-10-19(11-13-24)23-16-17-6-7-17;/h8-9,15,17,19,23H,3-7,10-14,16H2,1-2H3;1H. The Bertz CT molecular complexity index is 614. The number of halogens is 1. The fourth-order valence-corrected chi connectivity index (χ4v) is 3.48. The summed E-state index contributed by atoms with van der Waals surface area (Å²) >= 11 is 0. The van der Waals surface area contributed by atoms with Crippen molar-refractivity contribution in [3.05, 3.63) is 23.8 Å². The molecular formula is C22H35ClN2O3. The number of nitrogens with one attached hydrogen (secondary N) is 1. The number of amides is 1. The van der Waals surface area contributed by atoms with Gasteiger partial charge in [0.05, 0.1) is 13.2 Å². The van der Waals surface area contributed by atoms with E-state index in [2.05, 4.69) is 12.2 Å². The second-order valence-corrected chi connectivity index (χ2v) is 7.71. The van der Waals surface area contributed by atoms with Gasteiger partial charge in [-0.3, -0.25) is 4.79 Å². The van der Waals surface area contributed by atoms with E-state index in [1.165, 1.54) is 12.8 Å². The van der Waals surface area contributed by atoms with Crippen LogP contribution in [0.5, 0.6) is 11.5 Å². The molecule has 1 saturated carbocycles. The molecule has 1 aromatic rings. The van der Waals surface area contributed by atoms with Gasteiger partial charge in [0.2, 0.25) is 0 Å². The number of carbonyl (C=O) groups is 1. The van der Waals surface area contributed by atoms with Gasteiger partial charge in [0.25, 0.3) is 5.91 Å². The monoisotopic (exact) mass is 410 g/mol. The zero-order chi connectivity index (χ0) is 19.1. The van der Waals surface area contributed by atoms with Crippen LogP contribution in [-0.2, 0) is 0 Å². The van der Waals surface area contributed by atoms with Crippen molar-refractivity contribution in [3.63, 3.8) is 0 Å². The Hall–Kier alpha value is -1.46. The summed E-state index contributed by atoms with van der Waals surface area (Å²) in [6, 6.07) is 6.13. The summed E-state index contributed by atoms with van der Waals surface area (Å²) < 4.78 is 11.5. The lowest BCUT2D eigenvalue weighted by molar-refractivity contribution is 0.0704. The molecule has 0 aromatic heterocycles. The van der Waals surface area contributed by atoms with Crippen LogP contribution in [0.2, 0.25) is 0 Å². The summed E-state index contributed by atoms with van der Waals surface area (Å²) in [5, 5.41) is 3.67. The van der Waals surface area contributed by atoms with Crippen LogP contribution in [0.3, 0.4) is 0 Å². The Balaban J connectivity index is 0.00000280. The van der Waals surface area contributed by atoms with Crippen molar-refractivity contribution in [1.29, 1.82) is 0 Å². The molecule has 1 aliphatic heterocycles. The van der Waals surface area contributed by atoms with Gasteiger partial charge in [-0.05, 0) is 69.7 Å². The molecule has 1 heterocycles. The SMILES string of the molecule is CCCCOc1ccc(C(=O)N2CCC(NCC3CC3)CC2)cc1OCC.Cl. The molecule has 0 atom stereocenters. The normalized spacial score (nSPS) is 17.1. The molecule has 28 heavy (non-hydrogen) atoms. The Morgan fingerprint density at radius 2 is 1.86 bits per heavy atom. The van der Waals surface area contributed by atoms with Gasteiger partial charge in [-0.1, -0.05) is 13.3 Å². The van der Waals surface area contributed by atoms with Crippen LogP contribution in [0, 0.1) is 5.92 Å². The number of unbranched alkanes of at least 4 members (excludes halogenated alkanes) is 1. The lowest BCUT2D eigenvalue weighted by Gasteiger charge is -2.32. The van der Waals surface area contributed by atoms with E-state index in [9.17, 15) is 4.79 Å². The average Bonchev–Trinajstić information content (AvgIpc) is 3.52. The van der Waals surface area contributed by atoms with E-state index >= 15 is 0 Å². The molecule has 0 radical (unpaired) electrons. The molecule has 2 aliphatic rings. The van der Waals surface area contributed by atoms with Crippen LogP contribution in [0.25, 0.3) is 0 Å². The summed E-state index contributed by atoms with van der Waals surface area (Å²) in [7, 11) is 0. The van der Waals surface area contributed by atoms with Gasteiger partial charge in [0, 0.05) is 24.7 Å². The molecule has 1 saturated heterocycles. The van der Waals surface area contributed by atoms with E-state index < -0.39 is 0 Å². The molecule has 5 nitrogen and oxygen atoms in total. The summed E-state index contributed by atoms with van der Waals surface area (Å²) in [6.45, 7) is 8.10. The first-order chi connectivity index (χ1) is 13.2. The summed E-state index contributed by atoms with van der Waals surface area (Å²) in [4.78, 5) is 14.9. The highest BCUT2D eigenvalue weighted by atomic mass is 35.5. The number of likely N-dealkylation sites (tertiary alicyclic amines) is 1. The van der Waals surface area contributed by atoms with Crippen LogP contribution >= 0.6 is 12.4 Å². The third-order valence-electron chi connectivity index (χ3n) is 5.42. The fourth-order valence-electron chi connectivity index (χ4n) is 3.48. The first-order valence-electron chi connectivity index (χ1n) is 10.6. The Morgan fingerprint density at radius 3 is 2.50 bits per heavy atom. The van der Waals surface area contributed by atoms with Crippen molar-refractivity contribution in [2.75, 3.05) is 32.8 Å². The molecule has 6 heteroatoms. The lowest BCUT2D eigenvalue weighted by atomic mass is 10.0. The minimum atomic E-state index is 0. The van der Waals surface area contributed by atoms with Crippen LogP contribution in [0.15, 0.2) is 18.2 Å². The number of piperidine rings is 1. The predicted octanol–water partition coefficient (Wildman–Crippen LogP) is 4.29. The largest absolute Gasteiger partial charge is 0.490 e. The number of hydrogen-bond donors (Lipinski definition) is 1. The smallest absolute Gasteiger partial charge is 0.253 e. The van der Waals surface area contributed by atoms with Crippen molar-refractivity contribution < 1.29 is 14.3 Å². The predicted molar refractivity (Wildman–Crippen MR) is 115 cm³/mol. The van der Waals surface area contributed by atoms with Gasteiger partial charge >= 0.3 is 0 Å². The maximum absolute atomic E-state index is 12.9. The van der Waals surface area contributed by atoms with Gasteiger partial charge in [-0.25, -0.2) is 0 Å². The lowest BCUT2D eigenvalue weighted by Crippen LogP contribution is -2.45. The van der Waals surface area contributed by atoms with E-state index in [1.807, 2.05) is 30.0 Å². The molecule has 0 bridgehead atoms. The molecule has 0 spiro atoms. The summed E-state index contributed by atoms with van der Waals surface area (Å²) in [6.07, 6.45) is 6.93. The number of hydrogen-bond acceptors (Lipinski definition) is 4. The van der Waals surface area contributed by atoms with Crippen molar-refractivity contribution in [2.24, 2.45) is 5.92 Å². The third kappa shape index (κ3) is 6.56. The molecule has 158 valence electrons. The minimum Gasteiger partial charge on any atom is -0.490 e. The molecule has 3 rings (SSSR count). The van der Waals surface area contributed by atoms with Gasteiger partial charge in [0.15, 0.2) is 11.5 Å². The van der Waals surface area contributed by atoms with E-state index in [0.29, 0.717) is 30.6 Å². The van der Waals surface area contributed by atoms with E-state index in [1.54, 1.807) is 0 Å². The maximum Gasteiger partial charge on any atom is 0.253 e. The highest BCUT2D eigenvalue weighted by molar-refractivity contribution is 5.95. The third-order valence-corrected chi connectivity index (χ3v) is 5.42. The maximum atomic E-state index is 12.9. The highest BCUT2D eigenvalue weighted by Crippen LogP contribution is 2.30. The quantitative estimate of drug-likeness (QED) is 0.584. The van der Waals surface area contributed by atoms with E-state index in [4.69, 9.17) is 9.47 Å². The Labute approximate surface area is 175 Å². The molecular weight excluding hydrogens is 376 g/mol. The number of carbonyl (C=O) groups excluding carboxylic acids is 1. The number of rotatable bonds is 10. The number of nitrogens with zero attached hydrogens (tertiary/aromatic N) is 1. The first kappa shape index (κ1) is 22.8. The van der Waals surface area contributed by atoms with E-state index in [0.717, 1.165) is 57.0 Å². The van der Waals surface area contributed by atoms with Crippen molar-refractivity contribution in [3.8, 4) is 11.5 Å². The molecule has 0 unspecified atom stereocenters. The Kier molecular flexibility index (Phi) is 9.39. The zero-order valence-electron chi connectivity index (χ0n) is 17.2. The molecule has 1 aromatic carbocycles. The molecule has 2 fully saturated rings. The van der Waals surface area contributed by atoms with Crippen molar-refractivity contribution in [2.45, 2.75) is 58.4 Å². The van der Waals surface area contributed by atoms with Crippen LogP contribution in [0.1, 0.15) is 62.7 Å². The van der Waals surface area contributed by atoms with Crippen molar-refractivity contribution >= 4 is 18.3 Å². The number of ether oxygens (including phenoxy) is 2. The van der Waals surface area contributed by atoms with Crippen LogP contribution in [0.4, 0.5) is 0 Å². The molecule has 1 amide bonds. The van der Waals surface area contributed by atoms with Gasteiger partial charge < -0.3 is 19.7 Å². The topological polar surface area (TPSA) is 50.8 Å². The van der Waals surface area contributed by atoms with Gasteiger partial charge in [-0.2, -0.15) is 0 Å². The summed E-state index contributed by atoms with van der Waals surface area (Å²) in [5.74, 6) is 2.39. The molecule has 1 aliphatic carbocycles. The second-order valence-electron chi connectivity index (χ2n) is 7.71. The van der Waals surface area contributed by atoms with Crippen LogP contribution in [-0.4, -0.2) is 49.7 Å². The highest BCUT2D eigenvalue weighted by Gasteiger charge is 2.26. The Morgan fingerprint density at radius 1 is 1.11 bits per heavy atom. The summed E-state index contributed by atoms with van der Waals surface area (Å²) in [5.41, 5.74) is 0.686. The van der Waals surface area contributed by atoms with Crippen LogP contribution < -0.4 is 14.8 Å². The van der Waals surface area contributed by atoms with Gasteiger partial charge in [-0.15, -0.1) is 12.4 Å². The van der Waals surface area contributed by atoms with Gasteiger partial charge in [0.1, 0.15) is 0 Å². The average molecular weight is 411 g/mol. The molecule has 1 N–H and O–H groups in total. The number of benzene rings is 1. The van der Waals surface area contributed by atoms with Crippen molar-refractivity contribution in [1.82, 2.24) is 10.2 Å².